The molecule has 25 heavy (non-hydrogen) atoms. The standard InChI is InChI=1S/C19H26ClN3O.HI/c1-21-18(23-16-11-15-7-8-17(16)24-15)22-12-19(9-2-10-19)13-3-5-14(20)6-4-13;/h3-6,15-17H,2,7-12H2,1H3,(H2,21,22,23);1H. The second-order valence-electron chi connectivity index (χ2n) is 7.43. The molecule has 0 spiro atoms. The average Bonchev–Trinajstić information content (AvgIpc) is 3.17. The first-order valence-corrected chi connectivity index (χ1v) is 9.45. The van der Waals surface area contributed by atoms with E-state index in [9.17, 15) is 0 Å². The second-order valence-corrected chi connectivity index (χ2v) is 7.86. The fourth-order valence-corrected chi connectivity index (χ4v) is 4.51. The van der Waals surface area contributed by atoms with Crippen molar-refractivity contribution in [3.8, 4) is 0 Å². The Labute approximate surface area is 172 Å². The van der Waals surface area contributed by atoms with Gasteiger partial charge in [0.05, 0.1) is 18.2 Å². The molecule has 3 aliphatic rings. The molecule has 1 aromatic carbocycles. The summed E-state index contributed by atoms with van der Waals surface area (Å²) in [7, 11) is 1.85. The van der Waals surface area contributed by atoms with Crippen molar-refractivity contribution in [1.82, 2.24) is 10.6 Å². The minimum absolute atomic E-state index is 0. The number of rotatable bonds is 4. The van der Waals surface area contributed by atoms with Gasteiger partial charge in [-0.25, -0.2) is 0 Å². The van der Waals surface area contributed by atoms with Crippen LogP contribution in [-0.4, -0.2) is 37.8 Å². The maximum Gasteiger partial charge on any atom is 0.191 e. The molecule has 0 aromatic heterocycles. The number of ether oxygens (including phenoxy) is 1. The molecule has 2 bridgehead atoms. The lowest BCUT2D eigenvalue weighted by Crippen LogP contribution is -2.52. The smallest absolute Gasteiger partial charge is 0.191 e. The molecule has 2 saturated heterocycles. The summed E-state index contributed by atoms with van der Waals surface area (Å²) in [6, 6.07) is 8.74. The van der Waals surface area contributed by atoms with Crippen LogP contribution in [0.25, 0.3) is 0 Å². The van der Waals surface area contributed by atoms with E-state index < -0.39 is 0 Å². The van der Waals surface area contributed by atoms with Crippen LogP contribution in [0.5, 0.6) is 0 Å². The van der Waals surface area contributed by atoms with Gasteiger partial charge < -0.3 is 15.4 Å². The van der Waals surface area contributed by atoms with Gasteiger partial charge >= 0.3 is 0 Å². The third-order valence-electron chi connectivity index (χ3n) is 6.01. The van der Waals surface area contributed by atoms with Crippen LogP contribution in [0.1, 0.15) is 44.1 Å². The van der Waals surface area contributed by atoms with Crippen LogP contribution < -0.4 is 10.6 Å². The van der Waals surface area contributed by atoms with Crippen molar-refractivity contribution >= 4 is 41.5 Å². The molecule has 1 aliphatic carbocycles. The number of fused-ring (bicyclic) bond motifs is 2. The van der Waals surface area contributed by atoms with E-state index in [2.05, 4.69) is 27.8 Å². The van der Waals surface area contributed by atoms with Crippen LogP contribution in [0, 0.1) is 0 Å². The van der Waals surface area contributed by atoms with Crippen LogP contribution in [0.15, 0.2) is 29.3 Å². The minimum Gasteiger partial charge on any atom is -0.373 e. The van der Waals surface area contributed by atoms with Crippen molar-refractivity contribution in [3.63, 3.8) is 0 Å². The Morgan fingerprint density at radius 3 is 2.56 bits per heavy atom. The molecule has 1 aromatic rings. The van der Waals surface area contributed by atoms with Crippen LogP contribution in [-0.2, 0) is 10.2 Å². The number of aliphatic imine (C=N–C) groups is 1. The SMILES string of the molecule is CN=C(NCC1(c2ccc(Cl)cc2)CCC1)NC1CC2CCC1O2.I. The van der Waals surface area contributed by atoms with Crippen molar-refractivity contribution in [1.29, 1.82) is 0 Å². The van der Waals surface area contributed by atoms with Gasteiger partial charge in [-0.2, -0.15) is 0 Å². The van der Waals surface area contributed by atoms with E-state index in [1.807, 2.05) is 19.2 Å². The highest BCUT2D eigenvalue weighted by Gasteiger charge is 2.42. The summed E-state index contributed by atoms with van der Waals surface area (Å²) in [5, 5.41) is 7.93. The van der Waals surface area contributed by atoms with Gasteiger partial charge in [0.2, 0.25) is 0 Å². The number of hydrogen-bond donors (Lipinski definition) is 2. The molecule has 0 radical (unpaired) electrons. The topological polar surface area (TPSA) is 45.7 Å². The molecule has 3 unspecified atom stereocenters. The Bertz CT molecular complexity index is 618. The van der Waals surface area contributed by atoms with Crippen molar-refractivity contribution in [3.05, 3.63) is 34.9 Å². The van der Waals surface area contributed by atoms with E-state index in [1.165, 1.54) is 37.7 Å². The maximum absolute atomic E-state index is 6.04. The summed E-state index contributed by atoms with van der Waals surface area (Å²) < 4.78 is 5.93. The Hall–Kier alpha value is -0.530. The quantitative estimate of drug-likeness (QED) is 0.395. The lowest BCUT2D eigenvalue weighted by Gasteiger charge is -2.43. The Morgan fingerprint density at radius 1 is 1.28 bits per heavy atom. The van der Waals surface area contributed by atoms with Crippen LogP contribution >= 0.6 is 35.6 Å². The molecule has 2 N–H and O–H groups in total. The molecular weight excluding hydrogens is 449 g/mol. The molecule has 4 nitrogen and oxygen atoms in total. The molecule has 138 valence electrons. The summed E-state index contributed by atoms with van der Waals surface area (Å²) >= 11 is 6.04. The Morgan fingerprint density at radius 2 is 2.04 bits per heavy atom. The van der Waals surface area contributed by atoms with E-state index in [-0.39, 0.29) is 29.4 Å². The van der Waals surface area contributed by atoms with Gasteiger partial charge in [-0.15, -0.1) is 24.0 Å². The molecule has 6 heteroatoms. The van der Waals surface area contributed by atoms with E-state index in [1.54, 1.807) is 0 Å². The predicted octanol–water partition coefficient (Wildman–Crippen LogP) is 3.86. The molecule has 1 saturated carbocycles. The fraction of sp³-hybridized carbons (Fsp3) is 0.632. The monoisotopic (exact) mass is 475 g/mol. The zero-order valence-electron chi connectivity index (χ0n) is 14.6. The van der Waals surface area contributed by atoms with Crippen LogP contribution in [0.3, 0.4) is 0 Å². The first-order valence-electron chi connectivity index (χ1n) is 9.07. The lowest BCUT2D eigenvalue weighted by molar-refractivity contribution is 0.0992. The van der Waals surface area contributed by atoms with Gasteiger partial charge in [0.25, 0.3) is 0 Å². The van der Waals surface area contributed by atoms with Gasteiger partial charge in [0, 0.05) is 24.0 Å². The molecular formula is C19H27ClIN3O. The fourth-order valence-electron chi connectivity index (χ4n) is 4.39. The number of nitrogens with one attached hydrogen (secondary N) is 2. The molecule has 2 aliphatic heterocycles. The summed E-state index contributed by atoms with van der Waals surface area (Å²) in [5.74, 6) is 0.899. The number of benzene rings is 1. The van der Waals surface area contributed by atoms with Gasteiger partial charge in [-0.1, -0.05) is 30.2 Å². The highest BCUT2D eigenvalue weighted by atomic mass is 127. The van der Waals surface area contributed by atoms with Crippen LogP contribution in [0.2, 0.25) is 5.02 Å². The highest BCUT2D eigenvalue weighted by molar-refractivity contribution is 14.0. The predicted molar refractivity (Wildman–Crippen MR) is 113 cm³/mol. The summed E-state index contributed by atoms with van der Waals surface area (Å²) in [5.41, 5.74) is 1.59. The Balaban J connectivity index is 0.00000182. The van der Waals surface area contributed by atoms with Gasteiger partial charge in [0.15, 0.2) is 5.96 Å². The molecule has 3 fully saturated rings. The van der Waals surface area contributed by atoms with E-state index in [4.69, 9.17) is 16.3 Å². The summed E-state index contributed by atoms with van der Waals surface area (Å²) in [4.78, 5) is 4.42. The number of hydrogen-bond acceptors (Lipinski definition) is 2. The van der Waals surface area contributed by atoms with Crippen LogP contribution in [0.4, 0.5) is 0 Å². The molecule has 3 atom stereocenters. The zero-order chi connectivity index (χ0) is 16.6. The Kier molecular flexibility index (Phi) is 6.16. The number of guanidine groups is 1. The summed E-state index contributed by atoms with van der Waals surface area (Å²) in [6.45, 7) is 0.913. The maximum atomic E-state index is 6.04. The third-order valence-corrected chi connectivity index (χ3v) is 6.27. The van der Waals surface area contributed by atoms with Gasteiger partial charge in [-0.05, 0) is 49.8 Å². The average molecular weight is 476 g/mol. The van der Waals surface area contributed by atoms with Crippen molar-refractivity contribution in [2.24, 2.45) is 4.99 Å². The molecule has 0 amide bonds. The minimum atomic E-state index is 0. The normalized spacial score (nSPS) is 29.7. The van der Waals surface area contributed by atoms with Crippen molar-refractivity contribution in [2.75, 3.05) is 13.6 Å². The van der Waals surface area contributed by atoms with Gasteiger partial charge in [-0.3, -0.25) is 4.99 Å². The lowest BCUT2D eigenvalue weighted by atomic mass is 9.64. The number of nitrogens with zero attached hydrogens (tertiary/aromatic N) is 1. The first-order chi connectivity index (χ1) is 11.7. The van der Waals surface area contributed by atoms with Crippen molar-refractivity contribution in [2.45, 2.75) is 62.2 Å². The second kappa shape index (κ2) is 8.01. The highest BCUT2D eigenvalue weighted by Crippen LogP contribution is 2.43. The van der Waals surface area contributed by atoms with E-state index in [0.717, 1.165) is 23.9 Å². The van der Waals surface area contributed by atoms with Crippen molar-refractivity contribution < 1.29 is 4.74 Å². The number of halogens is 2. The first kappa shape index (κ1) is 19.2. The van der Waals surface area contributed by atoms with E-state index in [0.29, 0.717) is 18.2 Å². The van der Waals surface area contributed by atoms with E-state index >= 15 is 0 Å². The largest absolute Gasteiger partial charge is 0.373 e. The molecule has 2 heterocycles. The van der Waals surface area contributed by atoms with Gasteiger partial charge in [0.1, 0.15) is 0 Å². The third kappa shape index (κ3) is 3.93. The zero-order valence-corrected chi connectivity index (χ0v) is 17.7. The summed E-state index contributed by atoms with van der Waals surface area (Å²) in [6.07, 6.45) is 8.04. The molecule has 4 rings (SSSR count).